The highest BCUT2D eigenvalue weighted by molar-refractivity contribution is 6.08. The average molecular weight is 315 g/mol. The summed E-state index contributed by atoms with van der Waals surface area (Å²) in [6.45, 7) is 0.622. The second-order valence-corrected chi connectivity index (χ2v) is 6.24. The molecule has 1 aliphatic heterocycles. The Kier molecular flexibility index (Phi) is 4.28. The SMILES string of the molecule is C1=COCC=N1.c1ccc2c(c1)ccc1c3c(ccc12)CCCC3. The predicted octanol–water partition coefficient (Wildman–Crippen LogP) is 5.43. The Morgan fingerprint density at radius 3 is 2.46 bits per heavy atom. The Balaban J connectivity index is 0.000000207. The molecule has 0 unspecified atom stereocenters. The Morgan fingerprint density at radius 1 is 0.792 bits per heavy atom. The number of rotatable bonds is 0. The second-order valence-electron chi connectivity index (χ2n) is 6.24. The molecule has 2 heteroatoms. The average Bonchev–Trinajstić information content (AvgIpc) is 2.69. The van der Waals surface area contributed by atoms with Crippen LogP contribution in [-0.2, 0) is 17.6 Å². The van der Waals surface area contributed by atoms with E-state index >= 15 is 0 Å². The van der Waals surface area contributed by atoms with Crippen LogP contribution in [-0.4, -0.2) is 12.8 Å². The molecule has 1 heterocycles. The molecule has 5 rings (SSSR count). The van der Waals surface area contributed by atoms with Crippen LogP contribution in [0.5, 0.6) is 0 Å². The minimum absolute atomic E-state index is 0.622. The maximum atomic E-state index is 4.74. The van der Waals surface area contributed by atoms with Gasteiger partial charge in [0, 0.05) is 6.21 Å². The Bertz CT molecular complexity index is 912. The van der Waals surface area contributed by atoms with E-state index in [0.29, 0.717) is 6.61 Å². The van der Waals surface area contributed by atoms with Crippen LogP contribution < -0.4 is 0 Å². The smallest absolute Gasteiger partial charge is 0.123 e. The van der Waals surface area contributed by atoms with Crippen molar-refractivity contribution in [3.8, 4) is 0 Å². The summed E-state index contributed by atoms with van der Waals surface area (Å²) in [6, 6.07) is 18.0. The quantitative estimate of drug-likeness (QED) is 0.507. The molecule has 0 radical (unpaired) electrons. The first-order valence-electron chi connectivity index (χ1n) is 8.64. The van der Waals surface area contributed by atoms with Gasteiger partial charge in [0.15, 0.2) is 0 Å². The van der Waals surface area contributed by atoms with Crippen molar-refractivity contribution >= 4 is 27.8 Å². The van der Waals surface area contributed by atoms with Gasteiger partial charge in [-0.1, -0.05) is 48.5 Å². The van der Waals surface area contributed by atoms with Gasteiger partial charge >= 0.3 is 0 Å². The molecule has 0 spiro atoms. The zero-order valence-electron chi connectivity index (χ0n) is 13.7. The van der Waals surface area contributed by atoms with Gasteiger partial charge < -0.3 is 4.74 Å². The van der Waals surface area contributed by atoms with Gasteiger partial charge in [-0.25, -0.2) is 0 Å². The summed E-state index contributed by atoms with van der Waals surface area (Å²) in [7, 11) is 0. The number of hydrogen-bond donors (Lipinski definition) is 0. The first-order chi connectivity index (χ1) is 11.9. The molecule has 0 atom stereocenters. The third kappa shape index (κ3) is 2.92. The number of benzene rings is 3. The van der Waals surface area contributed by atoms with Crippen molar-refractivity contribution in [1.29, 1.82) is 0 Å². The minimum Gasteiger partial charge on any atom is -0.494 e. The van der Waals surface area contributed by atoms with Gasteiger partial charge in [0.25, 0.3) is 0 Å². The van der Waals surface area contributed by atoms with E-state index in [9.17, 15) is 0 Å². The van der Waals surface area contributed by atoms with Gasteiger partial charge in [-0.15, -0.1) is 0 Å². The molecule has 24 heavy (non-hydrogen) atoms. The van der Waals surface area contributed by atoms with Crippen molar-refractivity contribution in [2.24, 2.45) is 4.99 Å². The fourth-order valence-corrected chi connectivity index (χ4v) is 3.62. The minimum atomic E-state index is 0.622. The van der Waals surface area contributed by atoms with E-state index in [1.165, 1.54) is 47.2 Å². The second kappa shape index (κ2) is 6.88. The van der Waals surface area contributed by atoms with Crippen molar-refractivity contribution in [2.45, 2.75) is 25.7 Å². The van der Waals surface area contributed by atoms with Crippen LogP contribution in [0.3, 0.4) is 0 Å². The number of aliphatic imine (C=N–C) groups is 1. The molecule has 0 amide bonds. The molecule has 0 aromatic heterocycles. The number of nitrogens with zero attached hydrogens (tertiary/aromatic N) is 1. The predicted molar refractivity (Wildman–Crippen MR) is 102 cm³/mol. The van der Waals surface area contributed by atoms with Gasteiger partial charge in [-0.3, -0.25) is 4.99 Å². The van der Waals surface area contributed by atoms with E-state index < -0.39 is 0 Å². The maximum Gasteiger partial charge on any atom is 0.123 e. The van der Waals surface area contributed by atoms with Crippen LogP contribution in [0.25, 0.3) is 21.5 Å². The summed E-state index contributed by atoms with van der Waals surface area (Å²) in [5.74, 6) is 0. The van der Waals surface area contributed by atoms with Crippen molar-refractivity contribution in [3.63, 3.8) is 0 Å². The fourth-order valence-electron chi connectivity index (χ4n) is 3.62. The van der Waals surface area contributed by atoms with Crippen LogP contribution in [0.4, 0.5) is 0 Å². The molecule has 2 aliphatic rings. The standard InChI is InChI=1S/C18H16.C4H5NO/c1-3-7-15-13(5-1)9-11-18-16-8-4-2-6-14(16)10-12-17(15)18;1-3-6-4-2-5-1/h1,3,5,7,9-12H,2,4,6,8H2;1-3H,4H2. The topological polar surface area (TPSA) is 21.6 Å². The molecular weight excluding hydrogens is 294 g/mol. The third-order valence-electron chi connectivity index (χ3n) is 4.78. The largest absolute Gasteiger partial charge is 0.494 e. The van der Waals surface area contributed by atoms with Crippen LogP contribution >= 0.6 is 0 Å². The van der Waals surface area contributed by atoms with Gasteiger partial charge in [0.2, 0.25) is 0 Å². The first kappa shape index (κ1) is 14.9. The summed E-state index contributed by atoms with van der Waals surface area (Å²) in [5.41, 5.74) is 3.17. The molecule has 0 N–H and O–H groups in total. The molecule has 3 aromatic rings. The van der Waals surface area contributed by atoms with Crippen molar-refractivity contribution < 1.29 is 4.74 Å². The number of hydrogen-bond acceptors (Lipinski definition) is 2. The van der Waals surface area contributed by atoms with E-state index in [4.69, 9.17) is 4.74 Å². The molecule has 1 aliphatic carbocycles. The lowest BCUT2D eigenvalue weighted by atomic mass is 9.86. The fraction of sp³-hybridized carbons (Fsp3) is 0.227. The lowest BCUT2D eigenvalue weighted by molar-refractivity contribution is 0.300. The molecule has 2 nitrogen and oxygen atoms in total. The van der Waals surface area contributed by atoms with Gasteiger partial charge in [-0.2, -0.15) is 0 Å². The van der Waals surface area contributed by atoms with E-state index in [-0.39, 0.29) is 0 Å². The molecule has 0 saturated heterocycles. The molecule has 0 saturated carbocycles. The summed E-state index contributed by atoms with van der Waals surface area (Å²) in [6.07, 6.45) is 10.1. The van der Waals surface area contributed by atoms with E-state index in [1.54, 1.807) is 29.8 Å². The zero-order chi connectivity index (χ0) is 16.2. The Labute approximate surface area is 142 Å². The molecule has 120 valence electrons. The van der Waals surface area contributed by atoms with Crippen LogP contribution in [0.15, 0.2) is 66.0 Å². The third-order valence-corrected chi connectivity index (χ3v) is 4.78. The molecule has 0 fully saturated rings. The van der Waals surface area contributed by atoms with Crippen molar-refractivity contribution in [1.82, 2.24) is 0 Å². The lowest BCUT2D eigenvalue weighted by Gasteiger charge is -2.18. The monoisotopic (exact) mass is 315 g/mol. The van der Waals surface area contributed by atoms with Crippen LogP contribution in [0.2, 0.25) is 0 Å². The normalized spacial score (nSPS) is 15.5. The maximum absolute atomic E-state index is 4.74. The number of aryl methyl sites for hydroxylation is 2. The first-order valence-corrected chi connectivity index (χ1v) is 8.64. The summed E-state index contributed by atoms with van der Waals surface area (Å²) in [5, 5.41) is 5.64. The summed E-state index contributed by atoms with van der Waals surface area (Å²) < 4.78 is 4.74. The zero-order valence-corrected chi connectivity index (χ0v) is 13.7. The highest BCUT2D eigenvalue weighted by Crippen LogP contribution is 2.33. The molecule has 0 bridgehead atoms. The lowest BCUT2D eigenvalue weighted by Crippen LogP contribution is -2.02. The molecular formula is C22H21NO. The molecule has 3 aromatic carbocycles. The number of ether oxygens (including phenoxy) is 1. The van der Waals surface area contributed by atoms with Crippen molar-refractivity contribution in [3.05, 3.63) is 72.1 Å². The Morgan fingerprint density at radius 2 is 1.67 bits per heavy atom. The number of fused-ring (bicyclic) bond motifs is 5. The highest BCUT2D eigenvalue weighted by Gasteiger charge is 2.13. The Hall–Kier alpha value is -2.61. The summed E-state index contributed by atoms with van der Waals surface area (Å²) in [4.78, 5) is 3.75. The van der Waals surface area contributed by atoms with Crippen molar-refractivity contribution in [2.75, 3.05) is 6.61 Å². The van der Waals surface area contributed by atoms with Gasteiger partial charge in [0.05, 0.1) is 6.20 Å². The van der Waals surface area contributed by atoms with Gasteiger partial charge in [-0.05, 0) is 58.4 Å². The highest BCUT2D eigenvalue weighted by atomic mass is 16.5. The van der Waals surface area contributed by atoms with Crippen LogP contribution in [0, 0.1) is 0 Å². The van der Waals surface area contributed by atoms with Crippen LogP contribution in [0.1, 0.15) is 24.0 Å². The van der Waals surface area contributed by atoms with Gasteiger partial charge in [0.1, 0.15) is 12.9 Å². The van der Waals surface area contributed by atoms with E-state index in [2.05, 4.69) is 53.5 Å². The van der Waals surface area contributed by atoms with E-state index in [0.717, 1.165) is 0 Å². The summed E-state index contributed by atoms with van der Waals surface area (Å²) >= 11 is 0. The van der Waals surface area contributed by atoms with E-state index in [1.807, 2.05) is 0 Å².